The standard InChI is InChI=1S/C15H21N3O3/c1-10-7-11(13(16)19)8-12(18-10)17-9-15(14(20)21)5-3-2-4-6-15/h7-8H,2-6,9H2,1H3,(H2,16,19)(H,17,18)(H,20,21). The molecule has 4 N–H and O–H groups in total. The summed E-state index contributed by atoms with van der Waals surface area (Å²) in [5.41, 5.74) is 5.58. The highest BCUT2D eigenvalue weighted by Gasteiger charge is 2.39. The van der Waals surface area contributed by atoms with Crippen LogP contribution in [-0.2, 0) is 4.79 Å². The molecule has 1 aromatic rings. The summed E-state index contributed by atoms with van der Waals surface area (Å²) in [6.45, 7) is 2.09. The van der Waals surface area contributed by atoms with E-state index in [1.54, 1.807) is 19.1 Å². The van der Waals surface area contributed by atoms with Gasteiger partial charge in [0.05, 0.1) is 5.41 Å². The van der Waals surface area contributed by atoms with E-state index >= 15 is 0 Å². The van der Waals surface area contributed by atoms with Gasteiger partial charge in [-0.1, -0.05) is 19.3 Å². The number of carboxylic acid groups (broad SMARTS) is 1. The fourth-order valence-electron chi connectivity index (χ4n) is 2.86. The minimum atomic E-state index is -0.766. The maximum Gasteiger partial charge on any atom is 0.311 e. The first-order valence-electron chi connectivity index (χ1n) is 7.19. The van der Waals surface area contributed by atoms with Crippen LogP contribution in [0.3, 0.4) is 0 Å². The van der Waals surface area contributed by atoms with Gasteiger partial charge < -0.3 is 16.2 Å². The maximum atomic E-state index is 11.6. The van der Waals surface area contributed by atoms with Crippen LogP contribution in [0.25, 0.3) is 0 Å². The van der Waals surface area contributed by atoms with Crippen molar-refractivity contribution in [3.8, 4) is 0 Å². The van der Waals surface area contributed by atoms with Gasteiger partial charge in [-0.25, -0.2) is 4.98 Å². The number of pyridine rings is 1. The Balaban J connectivity index is 2.14. The van der Waals surface area contributed by atoms with Gasteiger partial charge in [-0.2, -0.15) is 0 Å². The van der Waals surface area contributed by atoms with Crippen LogP contribution < -0.4 is 11.1 Å². The van der Waals surface area contributed by atoms with Crippen molar-refractivity contribution in [2.75, 3.05) is 11.9 Å². The summed E-state index contributed by atoms with van der Waals surface area (Å²) in [5, 5.41) is 12.6. The van der Waals surface area contributed by atoms with Crippen molar-refractivity contribution in [1.29, 1.82) is 0 Å². The molecule has 0 unspecified atom stereocenters. The van der Waals surface area contributed by atoms with E-state index in [4.69, 9.17) is 5.73 Å². The van der Waals surface area contributed by atoms with Gasteiger partial charge in [-0.15, -0.1) is 0 Å². The Hall–Kier alpha value is -2.11. The van der Waals surface area contributed by atoms with Crippen LogP contribution in [0.5, 0.6) is 0 Å². The molecule has 0 spiro atoms. The lowest BCUT2D eigenvalue weighted by molar-refractivity contribution is -0.150. The predicted molar refractivity (Wildman–Crippen MR) is 79.1 cm³/mol. The molecule has 0 atom stereocenters. The summed E-state index contributed by atoms with van der Waals surface area (Å²) < 4.78 is 0. The Kier molecular flexibility index (Phi) is 4.45. The van der Waals surface area contributed by atoms with E-state index in [0.29, 0.717) is 36.5 Å². The number of carbonyl (C=O) groups excluding carboxylic acids is 1. The van der Waals surface area contributed by atoms with E-state index in [9.17, 15) is 14.7 Å². The van der Waals surface area contributed by atoms with Crippen molar-refractivity contribution in [1.82, 2.24) is 4.98 Å². The molecule has 0 aliphatic heterocycles. The first kappa shape index (κ1) is 15.3. The van der Waals surface area contributed by atoms with Crippen molar-refractivity contribution >= 4 is 17.7 Å². The van der Waals surface area contributed by atoms with Crippen LogP contribution in [0.1, 0.15) is 48.2 Å². The third kappa shape index (κ3) is 3.51. The number of aryl methyl sites for hydroxylation is 1. The minimum Gasteiger partial charge on any atom is -0.481 e. The molecule has 1 saturated carbocycles. The molecular formula is C15H21N3O3. The monoisotopic (exact) mass is 291 g/mol. The van der Waals surface area contributed by atoms with Crippen molar-refractivity contribution < 1.29 is 14.7 Å². The topological polar surface area (TPSA) is 105 Å². The van der Waals surface area contributed by atoms with Gasteiger partial charge in [0, 0.05) is 17.8 Å². The number of amides is 1. The number of nitrogens with one attached hydrogen (secondary N) is 1. The highest BCUT2D eigenvalue weighted by atomic mass is 16.4. The average Bonchev–Trinajstić information content (AvgIpc) is 2.45. The van der Waals surface area contributed by atoms with E-state index in [2.05, 4.69) is 10.3 Å². The van der Waals surface area contributed by atoms with Gasteiger partial charge in [0.1, 0.15) is 5.82 Å². The first-order valence-corrected chi connectivity index (χ1v) is 7.19. The molecule has 0 aromatic carbocycles. The number of nitrogens with zero attached hydrogens (tertiary/aromatic N) is 1. The van der Waals surface area contributed by atoms with Crippen molar-refractivity contribution in [3.63, 3.8) is 0 Å². The lowest BCUT2D eigenvalue weighted by Crippen LogP contribution is -2.39. The molecular weight excluding hydrogens is 270 g/mol. The van der Waals surface area contributed by atoms with Gasteiger partial charge in [0.15, 0.2) is 0 Å². The van der Waals surface area contributed by atoms with Gasteiger partial charge in [-0.05, 0) is 31.9 Å². The zero-order valence-corrected chi connectivity index (χ0v) is 12.2. The average molecular weight is 291 g/mol. The Morgan fingerprint density at radius 2 is 2.00 bits per heavy atom. The molecule has 0 radical (unpaired) electrons. The van der Waals surface area contributed by atoms with Crippen molar-refractivity contribution in [3.05, 3.63) is 23.4 Å². The molecule has 21 heavy (non-hydrogen) atoms. The third-order valence-electron chi connectivity index (χ3n) is 4.11. The van der Waals surface area contributed by atoms with E-state index < -0.39 is 17.3 Å². The van der Waals surface area contributed by atoms with Crippen LogP contribution in [0.4, 0.5) is 5.82 Å². The number of primary amides is 1. The number of rotatable bonds is 5. The number of carbonyl (C=O) groups is 2. The number of aromatic nitrogens is 1. The van der Waals surface area contributed by atoms with Crippen molar-refractivity contribution in [2.24, 2.45) is 11.1 Å². The van der Waals surface area contributed by atoms with Gasteiger partial charge >= 0.3 is 5.97 Å². The number of anilines is 1. The molecule has 1 heterocycles. The smallest absolute Gasteiger partial charge is 0.311 e. The number of hydrogen-bond acceptors (Lipinski definition) is 4. The summed E-state index contributed by atoms with van der Waals surface area (Å²) >= 11 is 0. The Morgan fingerprint density at radius 3 is 2.57 bits per heavy atom. The predicted octanol–water partition coefficient (Wildman–Crippen LogP) is 1.94. The summed E-state index contributed by atoms with van der Waals surface area (Å²) in [4.78, 5) is 27.1. The highest BCUT2D eigenvalue weighted by molar-refractivity contribution is 5.93. The second-order valence-electron chi connectivity index (χ2n) is 5.75. The first-order chi connectivity index (χ1) is 9.93. The minimum absolute atomic E-state index is 0.316. The number of carboxylic acids is 1. The SMILES string of the molecule is Cc1cc(C(N)=O)cc(NCC2(C(=O)O)CCCCC2)n1. The molecule has 0 bridgehead atoms. The zero-order chi connectivity index (χ0) is 15.5. The van der Waals surface area contributed by atoms with Crippen molar-refractivity contribution in [2.45, 2.75) is 39.0 Å². The Labute approximate surface area is 123 Å². The normalized spacial score (nSPS) is 17.2. The maximum absolute atomic E-state index is 11.6. The molecule has 1 fully saturated rings. The number of hydrogen-bond donors (Lipinski definition) is 3. The fraction of sp³-hybridized carbons (Fsp3) is 0.533. The Bertz CT molecular complexity index is 551. The van der Waals surface area contributed by atoms with Crippen LogP contribution in [0.2, 0.25) is 0 Å². The lowest BCUT2D eigenvalue weighted by Gasteiger charge is -2.33. The highest BCUT2D eigenvalue weighted by Crippen LogP contribution is 2.36. The molecule has 0 saturated heterocycles. The molecule has 1 aliphatic carbocycles. The molecule has 1 aromatic heterocycles. The molecule has 1 amide bonds. The Morgan fingerprint density at radius 1 is 1.33 bits per heavy atom. The number of nitrogens with two attached hydrogens (primary N) is 1. The van der Waals surface area contributed by atoms with E-state index in [-0.39, 0.29) is 0 Å². The largest absolute Gasteiger partial charge is 0.481 e. The van der Waals surface area contributed by atoms with Gasteiger partial charge in [-0.3, -0.25) is 9.59 Å². The van der Waals surface area contributed by atoms with Gasteiger partial charge in [0.2, 0.25) is 5.91 Å². The molecule has 6 nitrogen and oxygen atoms in total. The lowest BCUT2D eigenvalue weighted by atomic mass is 9.74. The van der Waals surface area contributed by atoms with E-state index in [1.807, 2.05) is 0 Å². The van der Waals surface area contributed by atoms with Crippen LogP contribution in [-0.4, -0.2) is 28.5 Å². The summed E-state index contributed by atoms with van der Waals surface area (Å²) in [7, 11) is 0. The van der Waals surface area contributed by atoms with Crippen LogP contribution in [0.15, 0.2) is 12.1 Å². The molecule has 6 heteroatoms. The van der Waals surface area contributed by atoms with Crippen LogP contribution in [0, 0.1) is 12.3 Å². The fourth-order valence-corrected chi connectivity index (χ4v) is 2.86. The quantitative estimate of drug-likeness (QED) is 0.768. The molecule has 1 aliphatic rings. The second kappa shape index (κ2) is 6.11. The second-order valence-corrected chi connectivity index (χ2v) is 5.75. The van der Waals surface area contributed by atoms with E-state index in [0.717, 1.165) is 19.3 Å². The third-order valence-corrected chi connectivity index (χ3v) is 4.11. The zero-order valence-electron chi connectivity index (χ0n) is 12.2. The van der Waals surface area contributed by atoms with E-state index in [1.165, 1.54) is 0 Å². The molecule has 114 valence electrons. The molecule has 2 rings (SSSR count). The summed E-state index contributed by atoms with van der Waals surface area (Å²) in [6, 6.07) is 3.18. The number of aliphatic carboxylic acids is 1. The van der Waals surface area contributed by atoms with Gasteiger partial charge in [0.25, 0.3) is 0 Å². The van der Waals surface area contributed by atoms with Crippen LogP contribution >= 0.6 is 0 Å². The summed E-state index contributed by atoms with van der Waals surface area (Å²) in [6.07, 6.45) is 4.29. The summed E-state index contributed by atoms with van der Waals surface area (Å²) in [5.74, 6) is -0.790.